The fourth-order valence-electron chi connectivity index (χ4n) is 1.44. The monoisotopic (exact) mass is 195 g/mol. The third-order valence-corrected chi connectivity index (χ3v) is 3.00. The second-order valence-electron chi connectivity index (χ2n) is 3.61. The molecule has 1 saturated carbocycles. The maximum absolute atomic E-state index is 10.8. The van der Waals surface area contributed by atoms with Crippen LogP contribution >= 0.6 is 11.6 Å². The van der Waals surface area contributed by atoms with Gasteiger partial charge in [-0.15, -0.1) is 0 Å². The molecular weight excluding hydrogens is 186 g/mol. The number of halogens is 1. The average Bonchev–Trinajstić information content (AvgIpc) is 2.90. The van der Waals surface area contributed by atoms with Gasteiger partial charge in [-0.05, 0) is 30.9 Å². The fraction of sp³-hybridized carbons (Fsp3) is 0.400. The number of aromatic nitrogens is 1. The van der Waals surface area contributed by atoms with Gasteiger partial charge in [0.25, 0.3) is 0 Å². The van der Waals surface area contributed by atoms with Crippen molar-refractivity contribution >= 4 is 17.9 Å². The maximum Gasteiger partial charge on any atom is 0.131 e. The molecule has 2 nitrogen and oxygen atoms in total. The van der Waals surface area contributed by atoms with E-state index in [-0.39, 0.29) is 5.41 Å². The van der Waals surface area contributed by atoms with E-state index in [1.165, 1.54) is 0 Å². The van der Waals surface area contributed by atoms with Gasteiger partial charge in [-0.3, -0.25) is 0 Å². The van der Waals surface area contributed by atoms with Crippen molar-refractivity contribution in [3.05, 3.63) is 28.5 Å². The van der Waals surface area contributed by atoms with Gasteiger partial charge in [0.2, 0.25) is 0 Å². The molecule has 1 fully saturated rings. The molecule has 2 rings (SSSR count). The Bertz CT molecular complexity index is 358. The van der Waals surface area contributed by atoms with Crippen molar-refractivity contribution in [3.63, 3.8) is 0 Å². The molecule has 0 unspecified atom stereocenters. The second-order valence-corrected chi connectivity index (χ2v) is 3.96. The summed E-state index contributed by atoms with van der Waals surface area (Å²) in [6, 6.07) is 1.96. The van der Waals surface area contributed by atoms with Crippen molar-refractivity contribution in [2.24, 2.45) is 0 Å². The van der Waals surface area contributed by atoms with Crippen molar-refractivity contribution < 1.29 is 4.79 Å². The highest BCUT2D eigenvalue weighted by Gasteiger charge is 2.44. The summed E-state index contributed by atoms with van der Waals surface area (Å²) in [5.74, 6) is 0. The van der Waals surface area contributed by atoms with Gasteiger partial charge in [-0.25, -0.2) is 4.98 Å². The van der Waals surface area contributed by atoms with Crippen LogP contribution in [0.15, 0.2) is 12.3 Å². The first-order valence-corrected chi connectivity index (χ1v) is 4.65. The summed E-state index contributed by atoms with van der Waals surface area (Å²) in [7, 11) is 0. The lowest BCUT2D eigenvalue weighted by molar-refractivity contribution is -0.109. The summed E-state index contributed by atoms with van der Waals surface area (Å²) in [6.45, 7) is 1.90. The van der Waals surface area contributed by atoms with Crippen molar-refractivity contribution in [2.45, 2.75) is 25.2 Å². The van der Waals surface area contributed by atoms with Gasteiger partial charge in [-0.1, -0.05) is 17.7 Å². The molecule has 0 saturated heterocycles. The van der Waals surface area contributed by atoms with Crippen LogP contribution < -0.4 is 0 Å². The lowest BCUT2D eigenvalue weighted by atomic mass is 9.99. The minimum atomic E-state index is -0.234. The van der Waals surface area contributed by atoms with Crippen LogP contribution in [-0.2, 0) is 10.2 Å². The van der Waals surface area contributed by atoms with Crippen LogP contribution in [-0.4, -0.2) is 11.3 Å². The molecule has 0 aliphatic heterocycles. The molecule has 0 amide bonds. The van der Waals surface area contributed by atoms with Gasteiger partial charge in [0.1, 0.15) is 11.4 Å². The molecule has 0 N–H and O–H groups in total. The number of aryl methyl sites for hydroxylation is 1. The third-order valence-electron chi connectivity index (χ3n) is 2.60. The number of nitrogens with zero attached hydrogens (tertiary/aromatic N) is 1. The number of pyridine rings is 1. The van der Waals surface area contributed by atoms with Gasteiger partial charge >= 0.3 is 0 Å². The average molecular weight is 196 g/mol. The van der Waals surface area contributed by atoms with E-state index in [9.17, 15) is 4.79 Å². The minimum absolute atomic E-state index is 0.234. The molecule has 1 aromatic rings. The number of carbonyl (C=O) groups is 1. The number of carbonyl (C=O) groups excluding carboxylic acids is 1. The zero-order valence-corrected chi connectivity index (χ0v) is 8.14. The quantitative estimate of drug-likeness (QED) is 0.535. The number of rotatable bonds is 2. The summed E-state index contributed by atoms with van der Waals surface area (Å²) in [4.78, 5) is 14.9. The third kappa shape index (κ3) is 1.35. The van der Waals surface area contributed by atoms with Crippen LogP contribution in [0.4, 0.5) is 0 Å². The molecule has 13 heavy (non-hydrogen) atoms. The van der Waals surface area contributed by atoms with Crippen LogP contribution in [0.2, 0.25) is 5.15 Å². The molecule has 0 bridgehead atoms. The van der Waals surface area contributed by atoms with Crippen LogP contribution in [0.3, 0.4) is 0 Å². The molecule has 0 spiro atoms. The summed E-state index contributed by atoms with van der Waals surface area (Å²) in [5, 5.41) is 0.519. The van der Waals surface area contributed by atoms with E-state index in [4.69, 9.17) is 11.6 Å². The second kappa shape index (κ2) is 2.81. The van der Waals surface area contributed by atoms with Crippen molar-refractivity contribution in [2.75, 3.05) is 0 Å². The summed E-state index contributed by atoms with van der Waals surface area (Å²) in [6.07, 6.45) is 4.62. The zero-order valence-electron chi connectivity index (χ0n) is 7.38. The van der Waals surface area contributed by atoms with E-state index < -0.39 is 0 Å². The highest BCUT2D eigenvalue weighted by Crippen LogP contribution is 2.46. The van der Waals surface area contributed by atoms with Gasteiger partial charge in [0.15, 0.2) is 0 Å². The van der Waals surface area contributed by atoms with E-state index in [1.54, 1.807) is 6.20 Å². The van der Waals surface area contributed by atoms with Crippen molar-refractivity contribution in [3.8, 4) is 0 Å². The largest absolute Gasteiger partial charge is 0.302 e. The Balaban J connectivity index is 2.42. The van der Waals surface area contributed by atoms with Crippen molar-refractivity contribution in [1.29, 1.82) is 0 Å². The van der Waals surface area contributed by atoms with Gasteiger partial charge in [-0.2, -0.15) is 0 Å². The van der Waals surface area contributed by atoms with Crippen LogP contribution in [0, 0.1) is 6.92 Å². The molecular formula is C10H10ClNO. The minimum Gasteiger partial charge on any atom is -0.302 e. The molecule has 1 aliphatic carbocycles. The Morgan fingerprint density at radius 3 is 2.77 bits per heavy atom. The first-order chi connectivity index (χ1) is 6.18. The number of hydrogen-bond donors (Lipinski definition) is 0. The lowest BCUT2D eigenvalue weighted by Gasteiger charge is -2.07. The normalized spacial score (nSPS) is 18.3. The predicted molar refractivity (Wildman–Crippen MR) is 51.0 cm³/mol. The van der Waals surface area contributed by atoms with E-state index in [0.29, 0.717) is 5.15 Å². The van der Waals surface area contributed by atoms with Crippen molar-refractivity contribution in [1.82, 2.24) is 4.98 Å². The predicted octanol–water partition coefficient (Wildman–Crippen LogP) is 2.27. The summed E-state index contributed by atoms with van der Waals surface area (Å²) in [5.41, 5.74) is 1.71. The fourth-order valence-corrected chi connectivity index (χ4v) is 1.54. The van der Waals surface area contributed by atoms with E-state index in [2.05, 4.69) is 4.98 Å². The van der Waals surface area contributed by atoms with E-state index >= 15 is 0 Å². The smallest absolute Gasteiger partial charge is 0.131 e. The highest BCUT2D eigenvalue weighted by atomic mass is 35.5. The first kappa shape index (κ1) is 8.70. The highest BCUT2D eigenvalue weighted by molar-refractivity contribution is 6.30. The SMILES string of the molecule is Cc1cc(C2(C=O)CC2)cnc1Cl. The first-order valence-electron chi connectivity index (χ1n) is 4.27. The molecule has 1 aliphatic rings. The van der Waals surface area contributed by atoms with Crippen LogP contribution in [0.5, 0.6) is 0 Å². The van der Waals surface area contributed by atoms with E-state index in [0.717, 1.165) is 30.3 Å². The Labute approximate surface area is 81.9 Å². The Kier molecular flexibility index (Phi) is 1.88. The molecule has 68 valence electrons. The van der Waals surface area contributed by atoms with Gasteiger partial charge in [0, 0.05) is 6.20 Å². The van der Waals surface area contributed by atoms with Gasteiger partial charge in [0.05, 0.1) is 5.41 Å². The molecule has 0 atom stereocenters. The Hall–Kier alpha value is -0.890. The molecule has 1 heterocycles. The Morgan fingerprint density at radius 1 is 1.62 bits per heavy atom. The zero-order chi connectivity index (χ0) is 9.47. The summed E-state index contributed by atoms with van der Waals surface area (Å²) < 4.78 is 0. The van der Waals surface area contributed by atoms with Crippen LogP contribution in [0.25, 0.3) is 0 Å². The lowest BCUT2D eigenvalue weighted by Crippen LogP contribution is -2.08. The maximum atomic E-state index is 10.8. The molecule has 0 aromatic carbocycles. The topological polar surface area (TPSA) is 30.0 Å². The number of aldehydes is 1. The Morgan fingerprint density at radius 2 is 2.31 bits per heavy atom. The molecule has 1 aromatic heterocycles. The molecule has 0 radical (unpaired) electrons. The molecule has 3 heteroatoms. The van der Waals surface area contributed by atoms with E-state index in [1.807, 2.05) is 13.0 Å². The van der Waals surface area contributed by atoms with Gasteiger partial charge < -0.3 is 4.79 Å². The number of hydrogen-bond acceptors (Lipinski definition) is 2. The summed E-state index contributed by atoms with van der Waals surface area (Å²) >= 11 is 5.79. The van der Waals surface area contributed by atoms with Crippen LogP contribution in [0.1, 0.15) is 24.0 Å². The standard InChI is InChI=1S/C10H10ClNO/c1-7-4-8(5-12-9(7)11)10(6-13)2-3-10/h4-6H,2-3H2,1H3.